The minimum Gasteiger partial charge on any atom is -0.377 e. The van der Waals surface area contributed by atoms with Gasteiger partial charge >= 0.3 is 0 Å². The van der Waals surface area contributed by atoms with Crippen molar-refractivity contribution in [3.8, 4) is 0 Å². The Morgan fingerprint density at radius 3 is 3.18 bits per heavy atom. The molecule has 2 fully saturated rings. The molecule has 22 heavy (non-hydrogen) atoms. The zero-order chi connectivity index (χ0) is 15.2. The van der Waals surface area contributed by atoms with E-state index in [1.165, 1.54) is 12.8 Å². The fraction of sp³-hybridized carbons (Fsp3) is 0.529. The molecule has 1 saturated heterocycles. The molecule has 1 saturated carbocycles. The second-order valence-electron chi connectivity index (χ2n) is 6.70. The first-order valence-electron chi connectivity index (χ1n) is 7.97. The molecule has 2 aromatic rings. The molecule has 1 atom stereocenters. The number of aromatic amines is 1. The SMILES string of the molecule is CC1(C2CC2)COCCN1C(=O)Cc1ccc2[nH]ncc2c1. The number of morpholine rings is 1. The number of ether oxygens (including phenoxy) is 1. The third-order valence-electron chi connectivity index (χ3n) is 5.09. The maximum Gasteiger partial charge on any atom is 0.227 e. The zero-order valence-corrected chi connectivity index (χ0v) is 12.8. The normalized spacial score (nSPS) is 25.6. The third-order valence-corrected chi connectivity index (χ3v) is 5.09. The molecule has 116 valence electrons. The first-order chi connectivity index (χ1) is 10.7. The lowest BCUT2D eigenvalue weighted by atomic mass is 9.92. The van der Waals surface area contributed by atoms with Gasteiger partial charge in [-0.1, -0.05) is 6.07 Å². The Hall–Kier alpha value is -1.88. The monoisotopic (exact) mass is 299 g/mol. The van der Waals surface area contributed by atoms with Crippen molar-refractivity contribution in [2.45, 2.75) is 31.7 Å². The molecule has 5 nitrogen and oxygen atoms in total. The number of amides is 1. The van der Waals surface area contributed by atoms with Crippen molar-refractivity contribution in [2.24, 2.45) is 5.92 Å². The lowest BCUT2D eigenvalue weighted by molar-refractivity contribution is -0.149. The summed E-state index contributed by atoms with van der Waals surface area (Å²) in [5.41, 5.74) is 1.93. The molecule has 1 unspecified atom stereocenters. The Labute approximate surface area is 129 Å². The molecular weight excluding hydrogens is 278 g/mol. The van der Waals surface area contributed by atoms with Crippen LogP contribution in [0.3, 0.4) is 0 Å². The summed E-state index contributed by atoms with van der Waals surface area (Å²) >= 11 is 0. The summed E-state index contributed by atoms with van der Waals surface area (Å²) in [7, 11) is 0. The van der Waals surface area contributed by atoms with E-state index in [1.807, 2.05) is 18.2 Å². The number of hydrogen-bond acceptors (Lipinski definition) is 3. The van der Waals surface area contributed by atoms with Gasteiger partial charge in [0.1, 0.15) is 0 Å². The van der Waals surface area contributed by atoms with E-state index in [-0.39, 0.29) is 11.4 Å². The largest absolute Gasteiger partial charge is 0.377 e. The summed E-state index contributed by atoms with van der Waals surface area (Å²) in [6, 6.07) is 6.04. The highest BCUT2D eigenvalue weighted by Crippen LogP contribution is 2.44. The van der Waals surface area contributed by atoms with Crippen LogP contribution in [0, 0.1) is 5.92 Å². The number of carbonyl (C=O) groups is 1. The van der Waals surface area contributed by atoms with E-state index >= 15 is 0 Å². The van der Waals surface area contributed by atoms with Crippen molar-refractivity contribution < 1.29 is 9.53 Å². The smallest absolute Gasteiger partial charge is 0.227 e. The third kappa shape index (κ3) is 2.29. The number of hydrogen-bond donors (Lipinski definition) is 1. The van der Waals surface area contributed by atoms with Gasteiger partial charge in [0.2, 0.25) is 5.91 Å². The highest BCUT2D eigenvalue weighted by Gasteiger charge is 2.49. The molecule has 1 aromatic heterocycles. The van der Waals surface area contributed by atoms with E-state index in [0.717, 1.165) is 16.5 Å². The first-order valence-corrected chi connectivity index (χ1v) is 7.97. The minimum atomic E-state index is -0.116. The highest BCUT2D eigenvalue weighted by molar-refractivity contribution is 5.83. The van der Waals surface area contributed by atoms with Gasteiger partial charge in [-0.3, -0.25) is 9.89 Å². The van der Waals surface area contributed by atoms with Gasteiger partial charge in [0.15, 0.2) is 0 Å². The fourth-order valence-corrected chi connectivity index (χ4v) is 3.59. The van der Waals surface area contributed by atoms with Crippen LogP contribution in [0.25, 0.3) is 10.9 Å². The maximum absolute atomic E-state index is 12.8. The summed E-state index contributed by atoms with van der Waals surface area (Å²) < 4.78 is 5.66. The maximum atomic E-state index is 12.8. The summed E-state index contributed by atoms with van der Waals surface area (Å²) in [5, 5.41) is 8.02. The molecule has 5 heteroatoms. The predicted molar refractivity (Wildman–Crippen MR) is 83.5 cm³/mol. The molecule has 1 aliphatic carbocycles. The Morgan fingerprint density at radius 2 is 2.36 bits per heavy atom. The van der Waals surface area contributed by atoms with Gasteiger partial charge < -0.3 is 9.64 Å². The number of aromatic nitrogens is 2. The summed E-state index contributed by atoms with van der Waals surface area (Å²) in [4.78, 5) is 14.9. The number of carbonyl (C=O) groups excluding carboxylic acids is 1. The fourth-order valence-electron chi connectivity index (χ4n) is 3.59. The van der Waals surface area contributed by atoms with Crippen LogP contribution in [0.2, 0.25) is 0 Å². The van der Waals surface area contributed by atoms with Gasteiger partial charge in [-0.2, -0.15) is 5.10 Å². The summed E-state index contributed by atoms with van der Waals surface area (Å²) in [6.07, 6.45) is 4.67. The van der Waals surface area contributed by atoms with Crippen LogP contribution in [-0.4, -0.2) is 46.3 Å². The standard InChI is InChI=1S/C17H21N3O2/c1-17(14-3-4-14)11-22-7-6-20(17)16(21)9-12-2-5-15-13(8-12)10-18-19-15/h2,5,8,10,14H,3-4,6-7,9,11H2,1H3,(H,18,19). The molecule has 4 rings (SSSR count). The van der Waals surface area contributed by atoms with Crippen LogP contribution in [0.1, 0.15) is 25.3 Å². The van der Waals surface area contributed by atoms with Crippen LogP contribution in [0.5, 0.6) is 0 Å². The average Bonchev–Trinajstić information content (AvgIpc) is 3.27. The molecule has 1 aliphatic heterocycles. The summed E-state index contributed by atoms with van der Waals surface area (Å²) in [5.74, 6) is 0.814. The van der Waals surface area contributed by atoms with Crippen LogP contribution < -0.4 is 0 Å². The Morgan fingerprint density at radius 1 is 1.50 bits per heavy atom. The molecule has 1 N–H and O–H groups in total. The van der Waals surface area contributed by atoms with E-state index in [9.17, 15) is 4.79 Å². The molecule has 0 radical (unpaired) electrons. The van der Waals surface area contributed by atoms with E-state index < -0.39 is 0 Å². The Kier molecular flexibility index (Phi) is 3.18. The lowest BCUT2D eigenvalue weighted by Gasteiger charge is -2.45. The second kappa shape index (κ2) is 5.09. The van der Waals surface area contributed by atoms with Gasteiger partial charge in [-0.15, -0.1) is 0 Å². The number of nitrogens with zero attached hydrogens (tertiary/aromatic N) is 2. The van der Waals surface area contributed by atoms with E-state index in [1.54, 1.807) is 6.20 Å². The topological polar surface area (TPSA) is 58.2 Å². The van der Waals surface area contributed by atoms with Gasteiger partial charge in [-0.25, -0.2) is 0 Å². The van der Waals surface area contributed by atoms with Gasteiger partial charge in [-0.05, 0) is 43.4 Å². The quantitative estimate of drug-likeness (QED) is 0.944. The zero-order valence-electron chi connectivity index (χ0n) is 12.8. The highest BCUT2D eigenvalue weighted by atomic mass is 16.5. The number of rotatable bonds is 3. The number of H-pyrrole nitrogens is 1. The van der Waals surface area contributed by atoms with Gasteiger partial charge in [0, 0.05) is 11.9 Å². The Balaban J connectivity index is 1.54. The van der Waals surface area contributed by atoms with Crippen molar-refractivity contribution >= 4 is 16.8 Å². The van der Waals surface area contributed by atoms with Crippen molar-refractivity contribution in [1.29, 1.82) is 0 Å². The van der Waals surface area contributed by atoms with E-state index in [4.69, 9.17) is 4.74 Å². The molecule has 1 aromatic carbocycles. The van der Waals surface area contributed by atoms with Crippen LogP contribution in [0.4, 0.5) is 0 Å². The molecule has 2 aliphatic rings. The second-order valence-corrected chi connectivity index (χ2v) is 6.70. The van der Waals surface area contributed by atoms with Crippen molar-refractivity contribution in [2.75, 3.05) is 19.8 Å². The minimum absolute atomic E-state index is 0.116. The van der Waals surface area contributed by atoms with Crippen molar-refractivity contribution in [1.82, 2.24) is 15.1 Å². The Bertz CT molecular complexity index is 707. The first kappa shape index (κ1) is 13.8. The van der Waals surface area contributed by atoms with Crippen molar-refractivity contribution in [3.63, 3.8) is 0 Å². The van der Waals surface area contributed by atoms with Crippen molar-refractivity contribution in [3.05, 3.63) is 30.0 Å². The number of nitrogens with one attached hydrogen (secondary N) is 1. The molecule has 1 amide bonds. The molecule has 0 bridgehead atoms. The van der Waals surface area contributed by atoms with Gasteiger partial charge in [0.25, 0.3) is 0 Å². The van der Waals surface area contributed by atoms with E-state index in [0.29, 0.717) is 32.1 Å². The molecule has 2 heterocycles. The van der Waals surface area contributed by atoms with Crippen LogP contribution in [-0.2, 0) is 16.0 Å². The lowest BCUT2D eigenvalue weighted by Crippen LogP contribution is -2.59. The number of benzene rings is 1. The van der Waals surface area contributed by atoms with E-state index in [2.05, 4.69) is 22.0 Å². The number of fused-ring (bicyclic) bond motifs is 1. The predicted octanol–water partition coefficient (Wildman–Crippen LogP) is 2.13. The molecular formula is C17H21N3O2. The van der Waals surface area contributed by atoms with Gasteiger partial charge in [0.05, 0.1) is 36.9 Å². The van der Waals surface area contributed by atoms with Crippen LogP contribution >= 0.6 is 0 Å². The van der Waals surface area contributed by atoms with Crippen LogP contribution in [0.15, 0.2) is 24.4 Å². The average molecular weight is 299 g/mol. The summed E-state index contributed by atoms with van der Waals surface area (Å²) in [6.45, 7) is 4.21. The molecule has 0 spiro atoms.